The lowest BCUT2D eigenvalue weighted by atomic mass is 9.98. The van der Waals surface area contributed by atoms with Gasteiger partial charge in [0.2, 0.25) is 5.95 Å². The highest BCUT2D eigenvalue weighted by Crippen LogP contribution is 2.34. The molecule has 146 valence electrons. The van der Waals surface area contributed by atoms with Crippen molar-refractivity contribution in [1.82, 2.24) is 25.1 Å². The zero-order chi connectivity index (χ0) is 18.3. The lowest BCUT2D eigenvalue weighted by Crippen LogP contribution is -2.27. The topological polar surface area (TPSA) is 88.0 Å². The van der Waals surface area contributed by atoms with E-state index in [0.29, 0.717) is 16.7 Å². The van der Waals surface area contributed by atoms with Gasteiger partial charge in [-0.3, -0.25) is 10.1 Å². The Morgan fingerprint density at radius 2 is 2.04 bits per heavy atom. The van der Waals surface area contributed by atoms with Crippen molar-refractivity contribution in [3.8, 4) is 0 Å². The van der Waals surface area contributed by atoms with Crippen LogP contribution in [0.4, 0.5) is 11.1 Å². The maximum absolute atomic E-state index is 12.6. The molecule has 1 aliphatic rings. The van der Waals surface area contributed by atoms with Gasteiger partial charge in [0.25, 0.3) is 5.91 Å². The summed E-state index contributed by atoms with van der Waals surface area (Å²) in [6.07, 6.45) is 2.05. The highest BCUT2D eigenvalue weighted by Gasteiger charge is 2.22. The number of aryl methyl sites for hydroxylation is 1. The molecular formula is C16H22ClN7OS2. The number of rotatable bonds is 4. The van der Waals surface area contributed by atoms with Gasteiger partial charge in [-0.2, -0.15) is 10.1 Å². The molecule has 1 amide bonds. The minimum Gasteiger partial charge on any atom is -0.354 e. The van der Waals surface area contributed by atoms with Crippen LogP contribution in [0, 0.1) is 0 Å². The van der Waals surface area contributed by atoms with Crippen LogP contribution in [0.3, 0.4) is 0 Å². The summed E-state index contributed by atoms with van der Waals surface area (Å²) in [6.45, 7) is 1.97. The first kappa shape index (κ1) is 20.0. The van der Waals surface area contributed by atoms with Gasteiger partial charge in [-0.25, -0.2) is 9.67 Å². The van der Waals surface area contributed by atoms with E-state index < -0.39 is 0 Å². The molecule has 0 aliphatic carbocycles. The van der Waals surface area contributed by atoms with Crippen molar-refractivity contribution in [2.75, 3.05) is 37.4 Å². The minimum atomic E-state index is -0.168. The molecular weight excluding hydrogens is 406 g/mol. The van der Waals surface area contributed by atoms with Crippen LogP contribution in [-0.2, 0) is 7.05 Å². The van der Waals surface area contributed by atoms with E-state index in [9.17, 15) is 4.79 Å². The fraction of sp³-hybridized carbons (Fsp3) is 0.500. The smallest absolute Gasteiger partial charge is 0.268 e. The number of carbonyl (C=O) groups excluding carboxylic acids is 1. The molecule has 1 aliphatic heterocycles. The van der Waals surface area contributed by atoms with Crippen molar-refractivity contribution >= 4 is 61.6 Å². The molecule has 0 bridgehead atoms. The highest BCUT2D eigenvalue weighted by molar-refractivity contribution is 7.29. The lowest BCUT2D eigenvalue weighted by Gasteiger charge is -2.19. The average Bonchev–Trinajstić information content (AvgIpc) is 3.29. The van der Waals surface area contributed by atoms with E-state index in [1.807, 2.05) is 32.1 Å². The number of anilines is 2. The van der Waals surface area contributed by atoms with Crippen molar-refractivity contribution < 1.29 is 4.79 Å². The third-order valence-electron chi connectivity index (χ3n) is 4.39. The molecule has 0 unspecified atom stereocenters. The van der Waals surface area contributed by atoms with E-state index in [2.05, 4.69) is 25.7 Å². The highest BCUT2D eigenvalue weighted by atomic mass is 35.5. The van der Waals surface area contributed by atoms with Gasteiger partial charge in [0, 0.05) is 27.1 Å². The Labute approximate surface area is 171 Å². The van der Waals surface area contributed by atoms with E-state index in [4.69, 9.17) is 0 Å². The number of fused-ring (bicyclic) bond motifs is 1. The molecule has 1 saturated heterocycles. The summed E-state index contributed by atoms with van der Waals surface area (Å²) in [4.78, 5) is 25.2. The fourth-order valence-corrected chi connectivity index (χ4v) is 4.99. The van der Waals surface area contributed by atoms with Gasteiger partial charge in [-0.05, 0) is 32.0 Å². The molecule has 3 aromatic rings. The van der Waals surface area contributed by atoms with Crippen LogP contribution in [0.1, 0.15) is 34.3 Å². The van der Waals surface area contributed by atoms with Crippen LogP contribution >= 0.6 is 35.1 Å². The van der Waals surface area contributed by atoms with E-state index in [0.717, 1.165) is 46.4 Å². The second-order valence-corrected chi connectivity index (χ2v) is 8.61. The Hall–Kier alpha value is -1.75. The molecule has 2 N–H and O–H groups in total. The van der Waals surface area contributed by atoms with Gasteiger partial charge in [0.05, 0.1) is 9.58 Å². The normalized spacial score (nSPS) is 14.9. The van der Waals surface area contributed by atoms with Crippen molar-refractivity contribution in [2.24, 2.45) is 7.05 Å². The van der Waals surface area contributed by atoms with Crippen molar-refractivity contribution in [3.05, 3.63) is 16.8 Å². The number of thiophene rings is 1. The Kier molecular flexibility index (Phi) is 5.99. The number of halogens is 1. The Balaban J connectivity index is 0.00000210. The van der Waals surface area contributed by atoms with Crippen molar-refractivity contribution in [2.45, 2.75) is 18.8 Å². The van der Waals surface area contributed by atoms with Crippen LogP contribution in [-0.4, -0.2) is 52.8 Å². The number of nitrogens with zero attached hydrogens (tertiary/aromatic N) is 5. The summed E-state index contributed by atoms with van der Waals surface area (Å²) in [7, 11) is 5.74. The Bertz CT molecular complexity index is 911. The first-order valence-corrected chi connectivity index (χ1v) is 10.2. The van der Waals surface area contributed by atoms with E-state index in [1.165, 1.54) is 11.3 Å². The van der Waals surface area contributed by atoms with Crippen molar-refractivity contribution in [3.63, 3.8) is 0 Å². The number of hydrogen-bond donors (Lipinski definition) is 2. The Morgan fingerprint density at radius 3 is 2.70 bits per heavy atom. The zero-order valence-corrected chi connectivity index (χ0v) is 17.8. The van der Waals surface area contributed by atoms with Crippen LogP contribution < -0.4 is 15.5 Å². The van der Waals surface area contributed by atoms with E-state index in [-0.39, 0.29) is 18.3 Å². The van der Waals surface area contributed by atoms with E-state index >= 15 is 0 Å². The minimum absolute atomic E-state index is 0. The number of aromatic nitrogens is 4. The van der Waals surface area contributed by atoms with Crippen LogP contribution in [0.15, 0.2) is 6.07 Å². The summed E-state index contributed by atoms with van der Waals surface area (Å²) in [5.74, 6) is 1.49. The van der Waals surface area contributed by atoms with Gasteiger partial charge < -0.3 is 10.2 Å². The van der Waals surface area contributed by atoms with Gasteiger partial charge in [-0.15, -0.1) is 23.7 Å². The molecule has 8 nitrogen and oxygen atoms in total. The molecule has 0 saturated carbocycles. The maximum atomic E-state index is 12.6. The summed E-state index contributed by atoms with van der Waals surface area (Å²) in [5.41, 5.74) is 0. The zero-order valence-electron chi connectivity index (χ0n) is 15.4. The third-order valence-corrected chi connectivity index (χ3v) is 6.72. The van der Waals surface area contributed by atoms with E-state index in [1.54, 1.807) is 16.0 Å². The molecule has 11 heteroatoms. The van der Waals surface area contributed by atoms with Gasteiger partial charge in [-0.1, -0.05) is 11.3 Å². The first-order valence-electron chi connectivity index (χ1n) is 8.52. The molecule has 0 spiro atoms. The molecule has 27 heavy (non-hydrogen) atoms. The molecule has 0 radical (unpaired) electrons. The van der Waals surface area contributed by atoms with Gasteiger partial charge in [0.1, 0.15) is 4.83 Å². The fourth-order valence-electron chi connectivity index (χ4n) is 2.96. The molecule has 0 atom stereocenters. The first-order chi connectivity index (χ1) is 12.5. The monoisotopic (exact) mass is 427 g/mol. The van der Waals surface area contributed by atoms with Gasteiger partial charge in [0.15, 0.2) is 11.0 Å². The lowest BCUT2D eigenvalue weighted by molar-refractivity contribution is 0.102. The summed E-state index contributed by atoms with van der Waals surface area (Å²) >= 11 is 2.98. The van der Waals surface area contributed by atoms with Gasteiger partial charge >= 0.3 is 0 Å². The number of piperidine rings is 1. The maximum Gasteiger partial charge on any atom is 0.268 e. The summed E-state index contributed by atoms with van der Waals surface area (Å²) in [5, 5.41) is 11.7. The second-order valence-electron chi connectivity index (χ2n) is 6.57. The number of amides is 1. The largest absolute Gasteiger partial charge is 0.354 e. The second kappa shape index (κ2) is 8.09. The number of nitrogens with one attached hydrogen (secondary N) is 2. The van der Waals surface area contributed by atoms with Crippen LogP contribution in [0.2, 0.25) is 0 Å². The molecule has 4 heterocycles. The van der Waals surface area contributed by atoms with Crippen LogP contribution in [0.25, 0.3) is 9.53 Å². The predicted octanol–water partition coefficient (Wildman–Crippen LogP) is 2.69. The van der Waals surface area contributed by atoms with Crippen molar-refractivity contribution in [1.29, 1.82) is 0 Å². The molecule has 0 aromatic carbocycles. The molecule has 3 aromatic heterocycles. The summed E-state index contributed by atoms with van der Waals surface area (Å²) < 4.78 is 2.67. The number of carbonyl (C=O) groups is 1. The standard InChI is InChI=1S/C16H21N7OS2.ClH/c1-22(2)16-20-14-11(26-16)8-10(25-14)13(24)19-15-18-12(21-23(15)3)9-4-6-17-7-5-9;/h8-9,17H,4-7H2,1-3H3,(H,18,19,21,24);1H. The summed E-state index contributed by atoms with van der Waals surface area (Å²) in [6, 6.07) is 1.89. The Morgan fingerprint density at radius 1 is 1.30 bits per heavy atom. The number of thiazole rings is 1. The quantitative estimate of drug-likeness (QED) is 0.665. The average molecular weight is 428 g/mol. The van der Waals surface area contributed by atoms with Crippen LogP contribution in [0.5, 0.6) is 0 Å². The SMILES string of the molecule is CN(C)c1nc2sc(C(=O)Nc3nc(C4CCNCC4)nn3C)cc2s1.Cl. The molecule has 1 fully saturated rings. The molecule has 4 rings (SSSR count). The third kappa shape index (κ3) is 4.08. The predicted molar refractivity (Wildman–Crippen MR) is 113 cm³/mol. The number of hydrogen-bond acceptors (Lipinski definition) is 8.